The van der Waals surface area contributed by atoms with Crippen LogP contribution in [0.2, 0.25) is 0 Å². The largest absolute Gasteiger partial charge is 0.369 e. The van der Waals surface area contributed by atoms with Crippen LogP contribution in [0.25, 0.3) is 0 Å². The van der Waals surface area contributed by atoms with Gasteiger partial charge in [-0.3, -0.25) is 0 Å². The van der Waals surface area contributed by atoms with Gasteiger partial charge in [-0.1, -0.05) is 20.8 Å². The van der Waals surface area contributed by atoms with Crippen molar-refractivity contribution < 1.29 is 0 Å². The second-order valence-corrected chi connectivity index (χ2v) is 2.62. The average Bonchev–Trinajstić information content (AvgIpc) is 1.87. The number of nitrogens with zero attached hydrogens (tertiary/aromatic N) is 2. The van der Waals surface area contributed by atoms with Crippen LogP contribution >= 0.6 is 0 Å². The molecule has 0 amide bonds. The molecule has 0 rings (SSSR count). The van der Waals surface area contributed by atoms with Crippen LogP contribution in [0.3, 0.4) is 0 Å². The smallest absolute Gasteiger partial charge is 0.211 e. The first-order valence-electron chi connectivity index (χ1n) is 3.73. The van der Waals surface area contributed by atoms with E-state index in [1.54, 1.807) is 0 Å². The van der Waals surface area contributed by atoms with E-state index >= 15 is 0 Å². The molecule has 0 aliphatic heterocycles. The summed E-state index contributed by atoms with van der Waals surface area (Å²) in [5.41, 5.74) is 11.2. The molecule has 0 spiro atoms. The maximum Gasteiger partial charge on any atom is 0.211 e. The Kier molecular flexibility index (Phi) is 4.26. The van der Waals surface area contributed by atoms with Crippen molar-refractivity contribution in [2.45, 2.75) is 27.2 Å². The topological polar surface area (TPSA) is 76.8 Å². The Hall–Kier alpha value is -1.06. The molecule has 0 aliphatic carbocycles. The minimum absolute atomic E-state index is 0.0107. The van der Waals surface area contributed by atoms with Gasteiger partial charge in [0.2, 0.25) is 5.96 Å². The number of rotatable bonds is 3. The van der Waals surface area contributed by atoms with Crippen LogP contribution < -0.4 is 11.5 Å². The van der Waals surface area contributed by atoms with E-state index in [1.165, 1.54) is 0 Å². The molecule has 4 nitrogen and oxygen atoms in total. The molecule has 0 saturated heterocycles. The minimum atomic E-state index is 0.0107. The van der Waals surface area contributed by atoms with Gasteiger partial charge in [0.15, 0.2) is 0 Å². The fraction of sp³-hybridized carbons (Fsp3) is 0.714. The number of nitrogens with two attached hydrogens (primary N) is 2. The molecule has 4 heteroatoms. The first kappa shape index (κ1) is 9.94. The molecule has 0 aliphatic rings. The van der Waals surface area contributed by atoms with Crippen LogP contribution in [0.15, 0.2) is 10.2 Å². The number of guanidine groups is 1. The summed E-state index contributed by atoms with van der Waals surface area (Å²) in [6.07, 6.45) is 0.883. The van der Waals surface area contributed by atoms with E-state index in [0.29, 0.717) is 5.92 Å². The maximum atomic E-state index is 5.12. The predicted molar refractivity (Wildman–Crippen MR) is 48.4 cm³/mol. The first-order chi connectivity index (χ1) is 5.07. The molecule has 0 unspecified atom stereocenters. The molecule has 11 heavy (non-hydrogen) atoms. The van der Waals surface area contributed by atoms with Gasteiger partial charge in [-0.05, 0) is 12.3 Å². The van der Waals surface area contributed by atoms with Crippen molar-refractivity contribution in [3.8, 4) is 0 Å². The molecule has 64 valence electrons. The van der Waals surface area contributed by atoms with Crippen LogP contribution in [0, 0.1) is 5.92 Å². The molecule has 0 heterocycles. The van der Waals surface area contributed by atoms with Crippen molar-refractivity contribution in [3.05, 3.63) is 0 Å². The first-order valence-corrected chi connectivity index (χ1v) is 3.73. The highest BCUT2D eigenvalue weighted by molar-refractivity contribution is 5.86. The Morgan fingerprint density at radius 2 is 1.82 bits per heavy atom. The monoisotopic (exact) mass is 156 g/mol. The summed E-state index contributed by atoms with van der Waals surface area (Å²) in [5, 5.41) is 7.47. The zero-order valence-corrected chi connectivity index (χ0v) is 7.33. The third kappa shape index (κ3) is 4.36. The number of hydrogen-bond acceptors (Lipinski definition) is 2. The number of hydrogen-bond donors (Lipinski definition) is 2. The Labute approximate surface area is 67.4 Å². The fourth-order valence-electron chi connectivity index (χ4n) is 0.716. The molecule has 0 radical (unpaired) electrons. The fourth-order valence-corrected chi connectivity index (χ4v) is 0.716. The molecule has 0 aromatic heterocycles. The normalized spacial score (nSPS) is 11.8. The highest BCUT2D eigenvalue weighted by Crippen LogP contribution is 2.00. The summed E-state index contributed by atoms with van der Waals surface area (Å²) >= 11 is 0. The predicted octanol–water partition coefficient (Wildman–Crippen LogP) is 0.682. The molecule has 4 N–H and O–H groups in total. The lowest BCUT2D eigenvalue weighted by molar-refractivity contribution is 0.847. The standard InChI is InChI=1S/C7H16N4/c1-4-6(5(2)3)10-11-7(8)9/h5H,4H2,1-3H3,(H4,8,9,11)/b10-6-. The second kappa shape index (κ2) is 4.71. The van der Waals surface area contributed by atoms with Crippen molar-refractivity contribution in [1.29, 1.82) is 0 Å². The van der Waals surface area contributed by atoms with Gasteiger partial charge in [0.05, 0.1) is 0 Å². The highest BCUT2D eigenvalue weighted by atomic mass is 15.3. The molecule has 0 fully saturated rings. The Bertz CT molecular complexity index is 165. The summed E-state index contributed by atoms with van der Waals surface area (Å²) in [7, 11) is 0. The third-order valence-corrected chi connectivity index (χ3v) is 1.32. The van der Waals surface area contributed by atoms with Gasteiger partial charge in [-0.25, -0.2) is 0 Å². The van der Waals surface area contributed by atoms with Crippen molar-refractivity contribution >= 4 is 11.7 Å². The molecule has 0 atom stereocenters. The molecular weight excluding hydrogens is 140 g/mol. The van der Waals surface area contributed by atoms with E-state index in [2.05, 4.69) is 24.1 Å². The van der Waals surface area contributed by atoms with Gasteiger partial charge < -0.3 is 11.5 Å². The summed E-state index contributed by atoms with van der Waals surface area (Å²) in [4.78, 5) is 0. The van der Waals surface area contributed by atoms with Gasteiger partial charge in [0.1, 0.15) is 0 Å². The molecular formula is C7H16N4. The van der Waals surface area contributed by atoms with Crippen molar-refractivity contribution in [2.75, 3.05) is 0 Å². The lowest BCUT2D eigenvalue weighted by atomic mass is 10.1. The Morgan fingerprint density at radius 3 is 2.09 bits per heavy atom. The van der Waals surface area contributed by atoms with Gasteiger partial charge in [0, 0.05) is 5.71 Å². The minimum Gasteiger partial charge on any atom is -0.369 e. The molecule has 0 bridgehead atoms. The van der Waals surface area contributed by atoms with Crippen LogP contribution in [-0.2, 0) is 0 Å². The van der Waals surface area contributed by atoms with Crippen molar-refractivity contribution in [3.63, 3.8) is 0 Å². The third-order valence-electron chi connectivity index (χ3n) is 1.32. The van der Waals surface area contributed by atoms with E-state index < -0.39 is 0 Å². The van der Waals surface area contributed by atoms with E-state index in [-0.39, 0.29) is 5.96 Å². The van der Waals surface area contributed by atoms with E-state index in [1.807, 2.05) is 6.92 Å². The maximum absolute atomic E-state index is 5.12. The van der Waals surface area contributed by atoms with Crippen LogP contribution in [-0.4, -0.2) is 11.7 Å². The van der Waals surface area contributed by atoms with E-state index in [0.717, 1.165) is 12.1 Å². The zero-order valence-electron chi connectivity index (χ0n) is 7.33. The van der Waals surface area contributed by atoms with Gasteiger partial charge in [0.25, 0.3) is 0 Å². The van der Waals surface area contributed by atoms with E-state index in [9.17, 15) is 0 Å². The van der Waals surface area contributed by atoms with Gasteiger partial charge in [-0.2, -0.15) is 5.10 Å². The lowest BCUT2D eigenvalue weighted by Crippen LogP contribution is -2.22. The molecule has 0 saturated carbocycles. The van der Waals surface area contributed by atoms with Gasteiger partial charge in [-0.15, -0.1) is 5.10 Å². The lowest BCUT2D eigenvalue weighted by Gasteiger charge is -2.03. The summed E-state index contributed by atoms with van der Waals surface area (Å²) in [6, 6.07) is 0. The van der Waals surface area contributed by atoms with Gasteiger partial charge >= 0.3 is 0 Å². The average molecular weight is 156 g/mol. The van der Waals surface area contributed by atoms with Crippen molar-refractivity contribution in [1.82, 2.24) is 0 Å². The van der Waals surface area contributed by atoms with E-state index in [4.69, 9.17) is 11.5 Å². The zero-order chi connectivity index (χ0) is 8.85. The summed E-state index contributed by atoms with van der Waals surface area (Å²) in [5.74, 6) is 0.416. The second-order valence-electron chi connectivity index (χ2n) is 2.62. The van der Waals surface area contributed by atoms with Crippen molar-refractivity contribution in [2.24, 2.45) is 27.6 Å². The molecule has 0 aromatic rings. The molecule has 0 aromatic carbocycles. The quantitative estimate of drug-likeness (QED) is 0.358. The highest BCUT2D eigenvalue weighted by Gasteiger charge is 2.00. The van der Waals surface area contributed by atoms with Crippen LogP contribution in [0.1, 0.15) is 27.2 Å². The summed E-state index contributed by atoms with van der Waals surface area (Å²) < 4.78 is 0. The van der Waals surface area contributed by atoms with Crippen LogP contribution in [0.4, 0.5) is 0 Å². The SMILES string of the molecule is CC/C(=N/N=C(N)N)C(C)C. The summed E-state index contributed by atoms with van der Waals surface area (Å²) in [6.45, 7) is 6.15. The Balaban J connectivity index is 4.24. The Morgan fingerprint density at radius 1 is 1.27 bits per heavy atom. The van der Waals surface area contributed by atoms with Crippen LogP contribution in [0.5, 0.6) is 0 Å².